The van der Waals surface area contributed by atoms with E-state index < -0.39 is 0 Å². The number of allylic oxidation sites excluding steroid dienone is 1. The molecule has 6 heteroatoms. The average Bonchev–Trinajstić information content (AvgIpc) is 2.78. The van der Waals surface area contributed by atoms with Crippen molar-refractivity contribution in [2.45, 2.75) is 6.42 Å². The first-order valence-electron chi connectivity index (χ1n) is 7.17. The van der Waals surface area contributed by atoms with E-state index >= 15 is 0 Å². The molecule has 2 heterocycles. The van der Waals surface area contributed by atoms with Gasteiger partial charge in [0.05, 0.1) is 18.9 Å². The molecule has 0 unspecified atom stereocenters. The van der Waals surface area contributed by atoms with Gasteiger partial charge in [-0.15, -0.1) is 0 Å². The lowest BCUT2D eigenvalue weighted by molar-refractivity contribution is 0.297. The summed E-state index contributed by atoms with van der Waals surface area (Å²) in [5.74, 6) is 1.40. The molecule has 23 heavy (non-hydrogen) atoms. The number of fused-ring (bicyclic) bond motifs is 1. The van der Waals surface area contributed by atoms with Gasteiger partial charge in [0.15, 0.2) is 11.5 Å². The molecule has 1 aromatic carbocycles. The molecule has 2 aromatic rings. The Kier molecular flexibility index (Phi) is 3.99. The van der Waals surface area contributed by atoms with Crippen molar-refractivity contribution in [3.05, 3.63) is 35.5 Å². The van der Waals surface area contributed by atoms with Crippen LogP contribution in [0.2, 0.25) is 0 Å². The normalized spacial score (nSPS) is 12.7. The van der Waals surface area contributed by atoms with Crippen molar-refractivity contribution >= 4 is 6.08 Å². The van der Waals surface area contributed by atoms with E-state index in [1.807, 2.05) is 30.3 Å². The molecular weight excluding hydrogens is 292 g/mol. The lowest BCUT2D eigenvalue weighted by Gasteiger charge is -2.08. The molecule has 0 aliphatic carbocycles. The monoisotopic (exact) mass is 306 g/mol. The molecular formula is C17H14N4O2. The number of hydrogen-bond acceptors (Lipinski definition) is 5. The Balaban J connectivity index is 2.06. The van der Waals surface area contributed by atoms with Gasteiger partial charge in [-0.1, -0.05) is 0 Å². The summed E-state index contributed by atoms with van der Waals surface area (Å²) in [7, 11) is 1.79. The summed E-state index contributed by atoms with van der Waals surface area (Å²) >= 11 is 0. The summed E-state index contributed by atoms with van der Waals surface area (Å²) in [5.41, 5.74) is 2.27. The predicted molar refractivity (Wildman–Crippen MR) is 83.5 cm³/mol. The van der Waals surface area contributed by atoms with Crippen LogP contribution in [0.5, 0.6) is 11.5 Å². The van der Waals surface area contributed by atoms with Gasteiger partial charge in [-0.05, 0) is 24.3 Å². The molecule has 0 fully saturated rings. The maximum atomic E-state index is 8.94. The lowest BCUT2D eigenvalue weighted by Crippen LogP contribution is -1.97. The highest BCUT2D eigenvalue weighted by molar-refractivity contribution is 5.76. The summed E-state index contributed by atoms with van der Waals surface area (Å²) < 4.78 is 13.0. The van der Waals surface area contributed by atoms with Crippen molar-refractivity contribution in [2.24, 2.45) is 7.05 Å². The first kappa shape index (κ1) is 14.7. The minimum atomic E-state index is 0.0357. The Hall–Kier alpha value is -3.25. The fraction of sp³-hybridized carbons (Fsp3) is 0.235. The SMILES string of the molecule is Cn1cc(C=C(C#N)C#N)c(-c2ccc3c(c2)OCCCO3)n1. The fourth-order valence-corrected chi connectivity index (χ4v) is 2.39. The molecule has 114 valence electrons. The molecule has 0 saturated carbocycles. The highest BCUT2D eigenvalue weighted by Gasteiger charge is 2.15. The third kappa shape index (κ3) is 3.02. The van der Waals surface area contributed by atoms with Gasteiger partial charge in [0.25, 0.3) is 0 Å². The van der Waals surface area contributed by atoms with Crippen molar-refractivity contribution in [1.82, 2.24) is 9.78 Å². The van der Waals surface area contributed by atoms with Gasteiger partial charge in [0.2, 0.25) is 0 Å². The highest BCUT2D eigenvalue weighted by atomic mass is 16.5. The molecule has 0 N–H and O–H groups in total. The highest BCUT2D eigenvalue weighted by Crippen LogP contribution is 2.35. The van der Waals surface area contributed by atoms with E-state index in [1.165, 1.54) is 6.08 Å². The summed E-state index contributed by atoms with van der Waals surface area (Å²) in [6, 6.07) is 9.35. The number of aryl methyl sites for hydroxylation is 1. The zero-order valence-electron chi connectivity index (χ0n) is 12.6. The quantitative estimate of drug-likeness (QED) is 0.796. The topological polar surface area (TPSA) is 83.9 Å². The number of nitrogens with zero attached hydrogens (tertiary/aromatic N) is 4. The Labute approximate surface area is 133 Å². The van der Waals surface area contributed by atoms with Crippen LogP contribution in [-0.4, -0.2) is 23.0 Å². The van der Waals surface area contributed by atoms with Gasteiger partial charge in [0, 0.05) is 30.8 Å². The van der Waals surface area contributed by atoms with Gasteiger partial charge in [-0.2, -0.15) is 15.6 Å². The van der Waals surface area contributed by atoms with Crippen LogP contribution >= 0.6 is 0 Å². The van der Waals surface area contributed by atoms with E-state index in [2.05, 4.69) is 5.10 Å². The largest absolute Gasteiger partial charge is 0.490 e. The minimum Gasteiger partial charge on any atom is -0.490 e. The van der Waals surface area contributed by atoms with Crippen LogP contribution in [0.25, 0.3) is 17.3 Å². The van der Waals surface area contributed by atoms with Crippen LogP contribution in [-0.2, 0) is 7.05 Å². The maximum Gasteiger partial charge on any atom is 0.161 e. The lowest BCUT2D eigenvalue weighted by atomic mass is 10.1. The Bertz CT molecular complexity index is 836. The van der Waals surface area contributed by atoms with Gasteiger partial charge >= 0.3 is 0 Å². The van der Waals surface area contributed by atoms with Crippen molar-refractivity contribution in [3.8, 4) is 34.9 Å². The summed E-state index contributed by atoms with van der Waals surface area (Å²) in [4.78, 5) is 0. The van der Waals surface area contributed by atoms with E-state index in [0.29, 0.717) is 36.0 Å². The van der Waals surface area contributed by atoms with Crippen LogP contribution < -0.4 is 9.47 Å². The van der Waals surface area contributed by atoms with Gasteiger partial charge < -0.3 is 9.47 Å². The molecule has 1 aliphatic rings. The zero-order valence-corrected chi connectivity index (χ0v) is 12.6. The second kappa shape index (κ2) is 6.25. The van der Waals surface area contributed by atoms with Crippen LogP contribution in [0.4, 0.5) is 0 Å². The molecule has 0 atom stereocenters. The smallest absolute Gasteiger partial charge is 0.161 e. The second-order valence-electron chi connectivity index (χ2n) is 5.10. The number of ether oxygens (including phenoxy) is 2. The van der Waals surface area contributed by atoms with Crippen molar-refractivity contribution in [1.29, 1.82) is 10.5 Å². The second-order valence-corrected chi connectivity index (χ2v) is 5.10. The van der Waals surface area contributed by atoms with Gasteiger partial charge in [0.1, 0.15) is 17.7 Å². The van der Waals surface area contributed by atoms with Crippen LogP contribution in [0, 0.1) is 22.7 Å². The molecule has 0 amide bonds. The molecule has 1 aliphatic heterocycles. The van der Waals surface area contributed by atoms with E-state index in [9.17, 15) is 0 Å². The van der Waals surface area contributed by atoms with E-state index in [1.54, 1.807) is 17.9 Å². The predicted octanol–water partition coefficient (Wildman–Crippen LogP) is 2.68. The van der Waals surface area contributed by atoms with Crippen molar-refractivity contribution in [3.63, 3.8) is 0 Å². The van der Waals surface area contributed by atoms with Gasteiger partial charge in [-0.25, -0.2) is 0 Å². The zero-order chi connectivity index (χ0) is 16.2. The maximum absolute atomic E-state index is 8.94. The Morgan fingerprint density at radius 3 is 2.70 bits per heavy atom. The molecule has 0 saturated heterocycles. The minimum absolute atomic E-state index is 0.0357. The Morgan fingerprint density at radius 2 is 1.96 bits per heavy atom. The molecule has 0 bridgehead atoms. The molecule has 0 radical (unpaired) electrons. The number of aromatic nitrogens is 2. The van der Waals surface area contributed by atoms with Crippen LogP contribution in [0.15, 0.2) is 30.0 Å². The number of hydrogen-bond donors (Lipinski definition) is 0. The fourth-order valence-electron chi connectivity index (χ4n) is 2.39. The Morgan fingerprint density at radius 1 is 1.22 bits per heavy atom. The third-order valence-corrected chi connectivity index (χ3v) is 3.42. The van der Waals surface area contributed by atoms with Crippen molar-refractivity contribution < 1.29 is 9.47 Å². The molecule has 6 nitrogen and oxygen atoms in total. The number of benzene rings is 1. The first-order chi connectivity index (χ1) is 11.2. The van der Waals surface area contributed by atoms with Crippen molar-refractivity contribution in [2.75, 3.05) is 13.2 Å². The van der Waals surface area contributed by atoms with Crippen LogP contribution in [0.3, 0.4) is 0 Å². The number of rotatable bonds is 2. The van der Waals surface area contributed by atoms with E-state index in [0.717, 1.165) is 12.0 Å². The number of nitriles is 2. The third-order valence-electron chi connectivity index (χ3n) is 3.42. The van der Waals surface area contributed by atoms with Gasteiger partial charge in [-0.3, -0.25) is 4.68 Å². The summed E-state index contributed by atoms with van der Waals surface area (Å²) in [6.07, 6.45) is 4.15. The molecule has 1 aromatic heterocycles. The standard InChI is InChI=1S/C17H14N4O2/c1-21-11-14(7-12(9-18)10-19)17(20-21)13-3-4-15-16(8-13)23-6-2-5-22-15/h3-4,7-8,11H,2,5-6H2,1H3. The van der Waals surface area contributed by atoms with Crippen LogP contribution in [0.1, 0.15) is 12.0 Å². The average molecular weight is 306 g/mol. The molecule has 3 rings (SSSR count). The summed E-state index contributed by atoms with van der Waals surface area (Å²) in [5, 5.41) is 22.3. The summed E-state index contributed by atoms with van der Waals surface area (Å²) in [6.45, 7) is 1.25. The first-order valence-corrected chi connectivity index (χ1v) is 7.17. The van der Waals surface area contributed by atoms with E-state index in [-0.39, 0.29) is 5.57 Å². The van der Waals surface area contributed by atoms with E-state index in [4.69, 9.17) is 20.0 Å². The molecule has 0 spiro atoms.